The Morgan fingerprint density at radius 1 is 0.906 bits per heavy atom. The molecule has 0 aliphatic heterocycles. The number of halogens is 1. The first-order valence-corrected chi connectivity index (χ1v) is 10.2. The number of nitrogens with one attached hydrogen (secondary N) is 4. The number of hydrogen-bond donors (Lipinski definition) is 4. The molecule has 0 aliphatic carbocycles. The van der Waals surface area contributed by atoms with Gasteiger partial charge in [0.15, 0.2) is 5.96 Å². The highest BCUT2D eigenvalue weighted by Gasteiger charge is 2.07. The Bertz CT molecular complexity index is 896. The molecule has 0 unspecified atom stereocenters. The zero-order valence-electron chi connectivity index (χ0n) is 19.2. The number of anilines is 1. The van der Waals surface area contributed by atoms with Gasteiger partial charge >= 0.3 is 6.03 Å². The summed E-state index contributed by atoms with van der Waals surface area (Å²) in [5, 5.41) is 12.1. The van der Waals surface area contributed by atoms with E-state index in [9.17, 15) is 9.59 Å². The van der Waals surface area contributed by atoms with E-state index >= 15 is 0 Å². The molecule has 2 rings (SSSR count). The predicted molar refractivity (Wildman–Crippen MR) is 141 cm³/mol. The fourth-order valence-corrected chi connectivity index (χ4v) is 2.75. The second-order valence-electron chi connectivity index (χ2n) is 7.63. The van der Waals surface area contributed by atoms with E-state index < -0.39 is 0 Å². The highest BCUT2D eigenvalue weighted by Crippen LogP contribution is 2.10. The summed E-state index contributed by atoms with van der Waals surface area (Å²) in [5.74, 6) is 0.658. The van der Waals surface area contributed by atoms with Gasteiger partial charge in [-0.1, -0.05) is 24.3 Å². The van der Waals surface area contributed by atoms with Crippen LogP contribution in [0.1, 0.15) is 35.3 Å². The number of nitrogens with zero attached hydrogens (tertiary/aromatic N) is 2. The summed E-state index contributed by atoms with van der Waals surface area (Å²) in [7, 11) is 5.19. The van der Waals surface area contributed by atoms with Crippen LogP contribution in [0.4, 0.5) is 10.5 Å². The largest absolute Gasteiger partial charge is 0.352 e. The number of urea groups is 1. The van der Waals surface area contributed by atoms with E-state index in [-0.39, 0.29) is 42.0 Å². The molecule has 0 saturated heterocycles. The number of guanidine groups is 1. The van der Waals surface area contributed by atoms with E-state index in [1.807, 2.05) is 62.4 Å². The molecule has 2 aromatic carbocycles. The monoisotopic (exact) mass is 552 g/mol. The number of amides is 3. The third kappa shape index (κ3) is 9.13. The summed E-state index contributed by atoms with van der Waals surface area (Å²) in [6, 6.07) is 15.0. The molecule has 32 heavy (non-hydrogen) atoms. The summed E-state index contributed by atoms with van der Waals surface area (Å²) >= 11 is 0. The first-order valence-electron chi connectivity index (χ1n) is 10.2. The van der Waals surface area contributed by atoms with Gasteiger partial charge in [0.05, 0.1) is 0 Å². The smallest absolute Gasteiger partial charge is 0.319 e. The molecule has 174 valence electrons. The lowest BCUT2D eigenvalue weighted by molar-refractivity contribution is 0.0827. The molecule has 0 saturated carbocycles. The third-order valence-corrected chi connectivity index (χ3v) is 4.38. The van der Waals surface area contributed by atoms with E-state index in [0.717, 1.165) is 16.8 Å². The van der Waals surface area contributed by atoms with Gasteiger partial charge in [0.1, 0.15) is 0 Å². The predicted octanol–water partition coefficient (Wildman–Crippen LogP) is 3.40. The quantitative estimate of drug-likeness (QED) is 0.241. The lowest BCUT2D eigenvalue weighted by atomic mass is 10.1. The molecule has 0 radical (unpaired) electrons. The Hall–Kier alpha value is -2.82. The van der Waals surface area contributed by atoms with Crippen LogP contribution in [0.2, 0.25) is 0 Å². The molecule has 8 nitrogen and oxygen atoms in total. The van der Waals surface area contributed by atoms with Gasteiger partial charge in [0, 0.05) is 51.5 Å². The summed E-state index contributed by atoms with van der Waals surface area (Å²) in [5.41, 5.74) is 3.51. The van der Waals surface area contributed by atoms with Crippen molar-refractivity contribution in [3.8, 4) is 0 Å². The highest BCUT2D eigenvalue weighted by atomic mass is 127. The van der Waals surface area contributed by atoms with Crippen LogP contribution in [0.3, 0.4) is 0 Å². The minimum atomic E-state index is -0.218. The second-order valence-corrected chi connectivity index (χ2v) is 7.63. The van der Waals surface area contributed by atoms with Crippen molar-refractivity contribution < 1.29 is 9.59 Å². The average molecular weight is 552 g/mol. The van der Waals surface area contributed by atoms with Crippen LogP contribution in [0.25, 0.3) is 0 Å². The zero-order chi connectivity index (χ0) is 22.8. The number of carbonyl (C=O) groups excluding carboxylic acids is 2. The maximum atomic E-state index is 12.0. The standard InChI is InChI=1S/C23H32N6O2.HI/c1-16(2)27-23(31)28-20-12-8-18(9-13-20)15-26-22(24-3)25-14-17-6-10-19(11-7-17)21(30)29(4)5;/h6-13,16H,14-15H2,1-5H3,(H2,24,25,26)(H2,27,28,31);1H. The molecule has 2 aromatic rings. The summed E-state index contributed by atoms with van der Waals surface area (Å²) in [6.07, 6.45) is 0. The Labute approximate surface area is 207 Å². The van der Waals surface area contributed by atoms with E-state index in [1.165, 1.54) is 0 Å². The fraction of sp³-hybridized carbons (Fsp3) is 0.348. The van der Waals surface area contributed by atoms with Gasteiger partial charge < -0.3 is 26.2 Å². The van der Waals surface area contributed by atoms with Crippen molar-refractivity contribution >= 4 is 47.6 Å². The van der Waals surface area contributed by atoms with Gasteiger partial charge in [-0.3, -0.25) is 9.79 Å². The van der Waals surface area contributed by atoms with Crippen LogP contribution in [0.5, 0.6) is 0 Å². The van der Waals surface area contributed by atoms with E-state index in [1.54, 1.807) is 26.0 Å². The van der Waals surface area contributed by atoms with Crippen molar-refractivity contribution in [2.45, 2.75) is 33.0 Å². The van der Waals surface area contributed by atoms with Crippen molar-refractivity contribution in [1.82, 2.24) is 20.9 Å². The Morgan fingerprint density at radius 2 is 1.41 bits per heavy atom. The second kappa shape index (κ2) is 13.6. The molecule has 0 bridgehead atoms. The molecule has 3 amide bonds. The fourth-order valence-electron chi connectivity index (χ4n) is 2.75. The van der Waals surface area contributed by atoms with Crippen LogP contribution in [0.15, 0.2) is 53.5 Å². The maximum Gasteiger partial charge on any atom is 0.319 e. The SMILES string of the molecule is CN=C(NCc1ccc(NC(=O)NC(C)C)cc1)NCc1ccc(C(=O)N(C)C)cc1.I. The number of hydrogen-bond acceptors (Lipinski definition) is 3. The molecule has 0 aliphatic rings. The van der Waals surface area contributed by atoms with Gasteiger partial charge in [-0.2, -0.15) is 0 Å². The Morgan fingerprint density at radius 3 is 1.84 bits per heavy atom. The average Bonchev–Trinajstić information content (AvgIpc) is 2.74. The molecule has 0 heterocycles. The van der Waals surface area contributed by atoms with Crippen LogP contribution < -0.4 is 21.3 Å². The van der Waals surface area contributed by atoms with Crippen molar-refractivity contribution in [1.29, 1.82) is 0 Å². The van der Waals surface area contributed by atoms with Crippen molar-refractivity contribution in [2.75, 3.05) is 26.5 Å². The minimum absolute atomic E-state index is 0. The molecule has 0 atom stereocenters. The van der Waals surface area contributed by atoms with Gasteiger partial charge in [-0.05, 0) is 49.2 Å². The third-order valence-electron chi connectivity index (χ3n) is 4.38. The topological polar surface area (TPSA) is 97.9 Å². The first-order chi connectivity index (χ1) is 14.8. The van der Waals surface area contributed by atoms with E-state index in [2.05, 4.69) is 26.3 Å². The molecular weight excluding hydrogens is 519 g/mol. The van der Waals surface area contributed by atoms with Gasteiger partial charge in [-0.25, -0.2) is 4.79 Å². The lowest BCUT2D eigenvalue weighted by Gasteiger charge is -2.14. The number of aliphatic imine (C=N–C) groups is 1. The van der Waals surface area contributed by atoms with E-state index in [0.29, 0.717) is 24.6 Å². The summed E-state index contributed by atoms with van der Waals surface area (Å²) < 4.78 is 0. The first kappa shape index (κ1) is 27.2. The maximum absolute atomic E-state index is 12.0. The van der Waals surface area contributed by atoms with Gasteiger partial charge in [-0.15, -0.1) is 24.0 Å². The molecule has 4 N–H and O–H groups in total. The molecule has 9 heteroatoms. The van der Waals surface area contributed by atoms with Gasteiger partial charge in [0.2, 0.25) is 0 Å². The number of carbonyl (C=O) groups is 2. The summed E-state index contributed by atoms with van der Waals surface area (Å²) in [4.78, 5) is 29.5. The van der Waals surface area contributed by atoms with E-state index in [4.69, 9.17) is 0 Å². The van der Waals surface area contributed by atoms with Crippen molar-refractivity contribution in [3.63, 3.8) is 0 Å². The Balaban J connectivity index is 0.00000512. The molecule has 0 spiro atoms. The van der Waals surface area contributed by atoms with Crippen LogP contribution in [-0.2, 0) is 13.1 Å². The van der Waals surface area contributed by atoms with Crippen LogP contribution in [-0.4, -0.2) is 50.0 Å². The normalized spacial score (nSPS) is 10.8. The van der Waals surface area contributed by atoms with Crippen molar-refractivity contribution in [3.05, 3.63) is 65.2 Å². The van der Waals surface area contributed by atoms with Crippen LogP contribution in [0, 0.1) is 0 Å². The highest BCUT2D eigenvalue weighted by molar-refractivity contribution is 14.0. The Kier molecular flexibility index (Phi) is 11.5. The van der Waals surface area contributed by atoms with Crippen LogP contribution >= 0.6 is 24.0 Å². The lowest BCUT2D eigenvalue weighted by Crippen LogP contribution is -2.36. The zero-order valence-corrected chi connectivity index (χ0v) is 21.6. The molecular formula is C23H33IN6O2. The molecule has 0 fully saturated rings. The molecule has 0 aromatic heterocycles. The number of rotatable bonds is 7. The minimum Gasteiger partial charge on any atom is -0.352 e. The summed E-state index contributed by atoms with van der Waals surface area (Å²) in [6.45, 7) is 5.01. The van der Waals surface area contributed by atoms with Gasteiger partial charge in [0.25, 0.3) is 5.91 Å². The van der Waals surface area contributed by atoms with Crippen molar-refractivity contribution in [2.24, 2.45) is 4.99 Å². The number of benzene rings is 2.